The summed E-state index contributed by atoms with van der Waals surface area (Å²) in [5, 5.41) is 4.13. The van der Waals surface area contributed by atoms with Crippen molar-refractivity contribution in [3.8, 4) is 0 Å². The lowest BCUT2D eigenvalue weighted by molar-refractivity contribution is 0.188. The highest BCUT2D eigenvalue weighted by atomic mass is 32.2. The molecule has 1 atom stereocenters. The van der Waals surface area contributed by atoms with Crippen LogP contribution in [0.2, 0.25) is 0 Å². The minimum absolute atomic E-state index is 0.290. The topological polar surface area (TPSA) is 67.8 Å². The van der Waals surface area contributed by atoms with Gasteiger partial charge in [-0.1, -0.05) is 11.8 Å². The smallest absolute Gasteiger partial charge is 0.156 e. The second-order valence-electron chi connectivity index (χ2n) is 5.09. The summed E-state index contributed by atoms with van der Waals surface area (Å²) < 4.78 is 27.3. The summed E-state index contributed by atoms with van der Waals surface area (Å²) >= 11 is 1.64. The number of hydrogen-bond acceptors (Lipinski definition) is 5. The highest BCUT2D eigenvalue weighted by molar-refractivity contribution is 8.14. The predicted molar refractivity (Wildman–Crippen MR) is 77.1 cm³/mol. The first-order valence-corrected chi connectivity index (χ1v) is 8.76. The Hall–Kier alpha value is -0.270. The van der Waals surface area contributed by atoms with Crippen molar-refractivity contribution in [2.24, 2.45) is 4.99 Å². The summed E-state index contributed by atoms with van der Waals surface area (Å²) in [5.74, 6) is 0.960. The van der Waals surface area contributed by atoms with E-state index in [1.165, 1.54) is 6.26 Å². The number of sulfone groups is 1. The van der Waals surface area contributed by atoms with Crippen LogP contribution in [0.25, 0.3) is 0 Å². The standard InChI is InChI=1S/C11H22N2O3S2/c1-11(2,18(4,14)15)8-12-10-13-9(7-17-10)5-6-16-3/h9H,5-8H2,1-4H3,(H,12,13). The van der Waals surface area contributed by atoms with Gasteiger partial charge in [0.05, 0.1) is 11.3 Å². The molecule has 1 fully saturated rings. The Bertz CT molecular complexity index is 405. The second kappa shape index (κ2) is 6.25. The van der Waals surface area contributed by atoms with Crippen LogP contribution >= 0.6 is 11.8 Å². The van der Waals surface area contributed by atoms with E-state index in [2.05, 4.69) is 10.3 Å². The van der Waals surface area contributed by atoms with Crippen LogP contribution in [0.3, 0.4) is 0 Å². The maximum atomic E-state index is 11.6. The van der Waals surface area contributed by atoms with Gasteiger partial charge in [-0.2, -0.15) is 0 Å². The van der Waals surface area contributed by atoms with Crippen molar-refractivity contribution < 1.29 is 13.2 Å². The molecule has 0 aromatic carbocycles. The Morgan fingerprint density at radius 1 is 1.56 bits per heavy atom. The number of nitrogens with one attached hydrogen (secondary N) is 1. The quantitative estimate of drug-likeness (QED) is 0.788. The lowest BCUT2D eigenvalue weighted by atomic mass is 10.2. The second-order valence-corrected chi connectivity index (χ2v) is 8.75. The van der Waals surface area contributed by atoms with Gasteiger partial charge in [0, 0.05) is 31.8 Å². The van der Waals surface area contributed by atoms with Crippen LogP contribution in [0.5, 0.6) is 0 Å². The van der Waals surface area contributed by atoms with E-state index in [0.29, 0.717) is 6.04 Å². The molecule has 1 unspecified atom stereocenters. The van der Waals surface area contributed by atoms with Crippen LogP contribution in [0.1, 0.15) is 20.3 Å². The van der Waals surface area contributed by atoms with Crippen molar-refractivity contribution in [3.05, 3.63) is 0 Å². The number of methoxy groups -OCH3 is 1. The molecule has 0 radical (unpaired) electrons. The number of rotatable bonds is 6. The molecule has 1 heterocycles. The van der Waals surface area contributed by atoms with Gasteiger partial charge in [-0.25, -0.2) is 8.42 Å². The molecule has 5 nitrogen and oxygen atoms in total. The van der Waals surface area contributed by atoms with Gasteiger partial charge >= 0.3 is 0 Å². The van der Waals surface area contributed by atoms with Gasteiger partial charge in [0.15, 0.2) is 15.0 Å². The maximum absolute atomic E-state index is 11.6. The van der Waals surface area contributed by atoms with E-state index >= 15 is 0 Å². The fourth-order valence-corrected chi connectivity index (χ4v) is 2.64. The molecule has 1 saturated heterocycles. The Labute approximate surface area is 114 Å². The third-order valence-corrected chi connectivity index (χ3v) is 6.25. The van der Waals surface area contributed by atoms with E-state index in [1.807, 2.05) is 0 Å². The lowest BCUT2D eigenvalue weighted by Crippen LogP contribution is -2.35. The van der Waals surface area contributed by atoms with Crippen molar-refractivity contribution in [2.75, 3.05) is 32.3 Å². The van der Waals surface area contributed by atoms with E-state index < -0.39 is 14.6 Å². The largest absolute Gasteiger partial charge is 0.385 e. The van der Waals surface area contributed by atoms with Gasteiger partial charge in [0.25, 0.3) is 0 Å². The summed E-state index contributed by atoms with van der Waals surface area (Å²) in [7, 11) is -1.40. The molecule has 0 aromatic rings. The molecule has 7 heteroatoms. The third kappa shape index (κ3) is 4.44. The molecule has 1 aliphatic rings. The number of nitrogens with zero attached hydrogens (tertiary/aromatic N) is 1. The Morgan fingerprint density at radius 3 is 2.78 bits per heavy atom. The lowest BCUT2D eigenvalue weighted by Gasteiger charge is -2.20. The van der Waals surface area contributed by atoms with Gasteiger partial charge < -0.3 is 10.1 Å². The summed E-state index contributed by atoms with van der Waals surface area (Å²) in [6.07, 6.45) is 2.20. The maximum Gasteiger partial charge on any atom is 0.156 e. The molecule has 0 aromatic heterocycles. The van der Waals surface area contributed by atoms with Crippen molar-refractivity contribution in [3.63, 3.8) is 0 Å². The van der Waals surface area contributed by atoms with Crippen molar-refractivity contribution in [1.29, 1.82) is 0 Å². The molecule has 0 bridgehead atoms. The molecule has 0 saturated carbocycles. The molecule has 18 heavy (non-hydrogen) atoms. The van der Waals surface area contributed by atoms with Gasteiger partial charge in [-0.05, 0) is 20.3 Å². The van der Waals surface area contributed by atoms with Gasteiger partial charge in [-0.15, -0.1) is 0 Å². The molecule has 1 N–H and O–H groups in total. The number of thioether (sulfide) groups is 1. The van der Waals surface area contributed by atoms with Crippen LogP contribution < -0.4 is 5.32 Å². The van der Waals surface area contributed by atoms with E-state index in [9.17, 15) is 8.42 Å². The van der Waals surface area contributed by atoms with Crippen LogP contribution in [-0.2, 0) is 14.6 Å². The van der Waals surface area contributed by atoms with E-state index in [4.69, 9.17) is 4.74 Å². The average molecular weight is 294 g/mol. The van der Waals surface area contributed by atoms with Gasteiger partial charge in [-0.3, -0.25) is 4.99 Å². The summed E-state index contributed by atoms with van der Waals surface area (Å²) in [4.78, 5) is 4.37. The fourth-order valence-electron chi connectivity index (χ4n) is 1.32. The first kappa shape index (κ1) is 15.8. The van der Waals surface area contributed by atoms with Crippen molar-refractivity contribution in [1.82, 2.24) is 5.32 Å². The zero-order chi connectivity index (χ0) is 13.8. The molecule has 0 spiro atoms. The summed E-state index contributed by atoms with van der Waals surface area (Å²) in [6.45, 7) is 4.42. The molecular formula is C11H22N2O3S2. The summed E-state index contributed by atoms with van der Waals surface area (Å²) in [5.41, 5.74) is 0. The highest BCUT2D eigenvalue weighted by Crippen LogP contribution is 2.19. The number of aliphatic imine (C=N–C) groups is 1. The van der Waals surface area contributed by atoms with E-state index in [-0.39, 0.29) is 6.54 Å². The van der Waals surface area contributed by atoms with Gasteiger partial charge in [0.1, 0.15) is 0 Å². The zero-order valence-electron chi connectivity index (χ0n) is 11.4. The Morgan fingerprint density at radius 2 is 2.22 bits per heavy atom. The monoisotopic (exact) mass is 294 g/mol. The van der Waals surface area contributed by atoms with Crippen LogP contribution in [0.4, 0.5) is 0 Å². The molecule has 0 amide bonds. The van der Waals surface area contributed by atoms with Crippen molar-refractivity contribution in [2.45, 2.75) is 31.1 Å². The molecule has 1 aliphatic heterocycles. The van der Waals surface area contributed by atoms with E-state index in [1.54, 1.807) is 32.7 Å². The fraction of sp³-hybridized carbons (Fsp3) is 0.909. The Balaban J connectivity index is 2.50. The average Bonchev–Trinajstić information content (AvgIpc) is 2.70. The third-order valence-electron chi connectivity index (χ3n) is 3.03. The molecule has 0 aliphatic carbocycles. The minimum Gasteiger partial charge on any atom is -0.385 e. The first-order valence-electron chi connectivity index (χ1n) is 5.88. The van der Waals surface area contributed by atoms with E-state index in [0.717, 1.165) is 23.9 Å². The SMILES string of the molecule is COCCC1CSC(=NCC(C)(C)S(C)(=O)=O)N1. The molecule has 1 rings (SSSR count). The number of amidine groups is 1. The van der Waals surface area contributed by atoms with Crippen LogP contribution in [0.15, 0.2) is 4.99 Å². The summed E-state index contributed by atoms with van der Waals surface area (Å²) in [6, 6.07) is 0.370. The highest BCUT2D eigenvalue weighted by Gasteiger charge is 2.30. The first-order chi connectivity index (χ1) is 8.26. The Kier molecular flexibility index (Phi) is 5.48. The molecular weight excluding hydrogens is 272 g/mol. The predicted octanol–water partition coefficient (Wildman–Crippen LogP) is 0.907. The minimum atomic E-state index is -3.09. The number of hydrogen-bond donors (Lipinski definition) is 1. The molecule has 106 valence electrons. The van der Waals surface area contributed by atoms with Gasteiger partial charge in [0.2, 0.25) is 0 Å². The van der Waals surface area contributed by atoms with Crippen molar-refractivity contribution >= 4 is 26.8 Å². The number of ether oxygens (including phenoxy) is 1. The van der Waals surface area contributed by atoms with Crippen LogP contribution in [-0.4, -0.2) is 56.6 Å². The normalized spacial score (nSPS) is 23.3. The zero-order valence-corrected chi connectivity index (χ0v) is 13.0. The van der Waals surface area contributed by atoms with Crippen LogP contribution in [0, 0.1) is 0 Å².